The second-order valence-electron chi connectivity index (χ2n) is 3.85. The van der Waals surface area contributed by atoms with Gasteiger partial charge in [0.2, 0.25) is 0 Å². The summed E-state index contributed by atoms with van der Waals surface area (Å²) in [6.45, 7) is 3.22. The van der Waals surface area contributed by atoms with Gasteiger partial charge < -0.3 is 5.11 Å². The van der Waals surface area contributed by atoms with Gasteiger partial charge in [-0.15, -0.1) is 0 Å². The minimum Gasteiger partial charge on any atom is -0.478 e. The third kappa shape index (κ3) is 2.15. The molecule has 0 fully saturated rings. The van der Waals surface area contributed by atoms with E-state index in [9.17, 15) is 14.9 Å². The van der Waals surface area contributed by atoms with Crippen molar-refractivity contribution in [2.24, 2.45) is 0 Å². The van der Waals surface area contributed by atoms with Crippen LogP contribution in [0.4, 0.5) is 5.69 Å². The molecule has 0 aliphatic carbocycles. The maximum absolute atomic E-state index is 11.2. The molecule has 0 aliphatic rings. The van der Waals surface area contributed by atoms with Crippen molar-refractivity contribution in [3.05, 3.63) is 45.5 Å². The summed E-state index contributed by atoms with van der Waals surface area (Å²) < 4.78 is 1.18. The Labute approximate surface area is 107 Å². The van der Waals surface area contributed by atoms with Crippen molar-refractivity contribution in [2.45, 2.75) is 13.8 Å². The average molecular weight is 262 g/mol. The summed E-state index contributed by atoms with van der Waals surface area (Å²) in [5, 5.41) is 24.2. The number of hydrogen-bond donors (Lipinski definition) is 1. The second kappa shape index (κ2) is 4.48. The Morgan fingerprint density at radius 1 is 1.42 bits per heavy atom. The van der Waals surface area contributed by atoms with Gasteiger partial charge in [0.05, 0.1) is 10.5 Å². The molecule has 1 aromatic carbocycles. The summed E-state index contributed by atoms with van der Waals surface area (Å²) in [5.41, 5.74) is -0.604. The maximum Gasteiger partial charge on any atom is 0.338 e. The van der Waals surface area contributed by atoms with Crippen LogP contribution in [0.1, 0.15) is 22.0 Å². The molecule has 98 valence electrons. The van der Waals surface area contributed by atoms with E-state index < -0.39 is 10.9 Å². The molecule has 0 bridgehead atoms. The third-order valence-corrected chi connectivity index (χ3v) is 2.53. The standard InChI is InChI=1S/C11H10N4O4/c1-6-12-7(2)14(13-6)10-8(11(16)17)4-3-5-9(10)15(18)19/h3-5H,1-2H3,(H,16,17). The van der Waals surface area contributed by atoms with E-state index in [1.807, 2.05) is 0 Å². The Hall–Kier alpha value is -2.77. The van der Waals surface area contributed by atoms with Crippen molar-refractivity contribution < 1.29 is 14.8 Å². The summed E-state index contributed by atoms with van der Waals surface area (Å²) in [7, 11) is 0. The number of aromatic nitrogens is 3. The minimum absolute atomic E-state index is 0.0851. The van der Waals surface area contributed by atoms with Gasteiger partial charge in [-0.25, -0.2) is 14.5 Å². The Kier molecular flexibility index (Phi) is 2.99. The first-order chi connectivity index (χ1) is 8.91. The van der Waals surface area contributed by atoms with E-state index in [-0.39, 0.29) is 16.9 Å². The van der Waals surface area contributed by atoms with E-state index >= 15 is 0 Å². The first kappa shape index (κ1) is 12.7. The number of nitro benzene ring substituents is 1. The van der Waals surface area contributed by atoms with Gasteiger partial charge in [0.25, 0.3) is 5.69 Å². The highest BCUT2D eigenvalue weighted by Gasteiger charge is 2.25. The number of benzene rings is 1. The lowest BCUT2D eigenvalue weighted by atomic mass is 10.1. The molecule has 0 saturated heterocycles. The molecule has 0 atom stereocenters. The average Bonchev–Trinajstić information content (AvgIpc) is 2.67. The zero-order chi connectivity index (χ0) is 14.2. The van der Waals surface area contributed by atoms with E-state index in [1.165, 1.54) is 22.9 Å². The van der Waals surface area contributed by atoms with Crippen LogP contribution in [0.15, 0.2) is 18.2 Å². The Bertz CT molecular complexity index is 645. The van der Waals surface area contributed by atoms with Crippen LogP contribution < -0.4 is 0 Å². The molecule has 0 radical (unpaired) electrons. The monoisotopic (exact) mass is 262 g/mol. The summed E-state index contributed by atoms with van der Waals surface area (Å²) in [6, 6.07) is 3.85. The summed E-state index contributed by atoms with van der Waals surface area (Å²) >= 11 is 0. The zero-order valence-corrected chi connectivity index (χ0v) is 10.2. The van der Waals surface area contributed by atoms with Crippen molar-refractivity contribution in [3.8, 4) is 5.69 Å². The van der Waals surface area contributed by atoms with Crippen molar-refractivity contribution in [3.63, 3.8) is 0 Å². The molecule has 0 saturated carbocycles. The molecule has 19 heavy (non-hydrogen) atoms. The van der Waals surface area contributed by atoms with Gasteiger partial charge in [-0.3, -0.25) is 10.1 Å². The summed E-state index contributed by atoms with van der Waals surface area (Å²) in [5.74, 6) is -0.465. The number of nitro groups is 1. The summed E-state index contributed by atoms with van der Waals surface area (Å²) in [4.78, 5) is 25.6. The topological polar surface area (TPSA) is 111 Å². The van der Waals surface area contributed by atoms with Gasteiger partial charge in [0, 0.05) is 6.07 Å². The first-order valence-corrected chi connectivity index (χ1v) is 5.33. The predicted molar refractivity (Wildman–Crippen MR) is 64.4 cm³/mol. The molecule has 0 aliphatic heterocycles. The fourth-order valence-electron chi connectivity index (χ4n) is 1.81. The van der Waals surface area contributed by atoms with Crippen LogP contribution in [-0.2, 0) is 0 Å². The normalized spacial score (nSPS) is 10.4. The fraction of sp³-hybridized carbons (Fsp3) is 0.182. The van der Waals surface area contributed by atoms with Crippen molar-refractivity contribution in [2.75, 3.05) is 0 Å². The number of hydrogen-bond acceptors (Lipinski definition) is 5. The Morgan fingerprint density at radius 3 is 2.58 bits per heavy atom. The SMILES string of the molecule is Cc1nc(C)n(-c2c(C(=O)O)cccc2[N+](=O)[O-])n1. The lowest BCUT2D eigenvalue weighted by molar-refractivity contribution is -0.384. The quantitative estimate of drug-likeness (QED) is 0.662. The molecular weight excluding hydrogens is 252 g/mol. The van der Waals surface area contributed by atoms with Gasteiger partial charge in [-0.1, -0.05) is 6.07 Å². The van der Waals surface area contributed by atoms with E-state index in [0.717, 1.165) is 0 Å². The Balaban J connectivity index is 2.82. The molecule has 0 spiro atoms. The van der Waals surface area contributed by atoms with Crippen LogP contribution in [0.2, 0.25) is 0 Å². The van der Waals surface area contributed by atoms with E-state index in [4.69, 9.17) is 5.11 Å². The molecule has 0 unspecified atom stereocenters. The number of para-hydroxylation sites is 1. The van der Waals surface area contributed by atoms with Crippen LogP contribution in [0, 0.1) is 24.0 Å². The number of carbonyl (C=O) groups is 1. The highest BCUT2D eigenvalue weighted by Crippen LogP contribution is 2.27. The van der Waals surface area contributed by atoms with Gasteiger partial charge >= 0.3 is 5.97 Å². The van der Waals surface area contributed by atoms with Gasteiger partial charge in [-0.05, 0) is 19.9 Å². The zero-order valence-electron chi connectivity index (χ0n) is 10.2. The smallest absolute Gasteiger partial charge is 0.338 e. The van der Waals surface area contributed by atoms with Crippen molar-refractivity contribution >= 4 is 11.7 Å². The van der Waals surface area contributed by atoms with Crippen molar-refractivity contribution in [1.29, 1.82) is 0 Å². The summed E-state index contributed by atoms with van der Waals surface area (Å²) in [6.07, 6.45) is 0. The molecule has 2 aromatic rings. The number of aromatic carboxylic acids is 1. The molecule has 8 heteroatoms. The molecule has 2 rings (SSSR count). The van der Waals surface area contributed by atoms with Crippen LogP contribution >= 0.6 is 0 Å². The number of aryl methyl sites for hydroxylation is 2. The lowest BCUT2D eigenvalue weighted by Gasteiger charge is -2.07. The van der Waals surface area contributed by atoms with Crippen molar-refractivity contribution in [1.82, 2.24) is 14.8 Å². The predicted octanol–water partition coefficient (Wildman–Crippen LogP) is 1.49. The number of nitrogens with zero attached hydrogens (tertiary/aromatic N) is 4. The van der Waals surface area contributed by atoms with Crippen LogP contribution in [0.3, 0.4) is 0 Å². The maximum atomic E-state index is 11.2. The highest BCUT2D eigenvalue weighted by molar-refractivity contribution is 5.93. The van der Waals surface area contributed by atoms with E-state index in [0.29, 0.717) is 11.6 Å². The van der Waals surface area contributed by atoms with Crippen LogP contribution in [0.5, 0.6) is 0 Å². The molecule has 1 N–H and O–H groups in total. The highest BCUT2D eigenvalue weighted by atomic mass is 16.6. The van der Waals surface area contributed by atoms with E-state index in [1.54, 1.807) is 13.8 Å². The molecule has 8 nitrogen and oxygen atoms in total. The van der Waals surface area contributed by atoms with Crippen LogP contribution in [0.25, 0.3) is 5.69 Å². The molecule has 1 heterocycles. The number of rotatable bonds is 3. The van der Waals surface area contributed by atoms with Gasteiger partial charge in [0.1, 0.15) is 11.6 Å². The minimum atomic E-state index is -1.26. The first-order valence-electron chi connectivity index (χ1n) is 5.33. The van der Waals surface area contributed by atoms with Gasteiger partial charge in [-0.2, -0.15) is 5.10 Å². The lowest BCUT2D eigenvalue weighted by Crippen LogP contribution is -2.11. The number of carboxylic acids is 1. The number of carboxylic acid groups (broad SMARTS) is 1. The van der Waals surface area contributed by atoms with Crippen LogP contribution in [-0.4, -0.2) is 30.8 Å². The molecular formula is C11H10N4O4. The fourth-order valence-corrected chi connectivity index (χ4v) is 1.81. The van der Waals surface area contributed by atoms with Gasteiger partial charge in [0.15, 0.2) is 5.69 Å². The molecule has 0 amide bonds. The van der Waals surface area contributed by atoms with E-state index in [2.05, 4.69) is 10.1 Å². The second-order valence-corrected chi connectivity index (χ2v) is 3.85. The third-order valence-electron chi connectivity index (χ3n) is 2.53. The molecule has 1 aromatic heterocycles. The largest absolute Gasteiger partial charge is 0.478 e. The Morgan fingerprint density at radius 2 is 2.11 bits per heavy atom.